The van der Waals surface area contributed by atoms with Crippen molar-refractivity contribution in [1.82, 2.24) is 0 Å². The Labute approximate surface area is 68.4 Å². The Morgan fingerprint density at radius 2 is 1.58 bits per heavy atom. The van der Waals surface area contributed by atoms with Crippen LogP contribution < -0.4 is 0 Å². The Kier molecular flexibility index (Phi) is 4.43. The first-order valence-corrected chi connectivity index (χ1v) is 2.93. The van der Waals surface area contributed by atoms with E-state index in [-0.39, 0.29) is 0 Å². The maximum absolute atomic E-state index is 10.5. The molecule has 0 aliphatic rings. The van der Waals surface area contributed by atoms with Crippen LogP contribution in [0.15, 0.2) is 0 Å². The van der Waals surface area contributed by atoms with E-state index < -0.39 is 24.5 Å². The zero-order chi connectivity index (χ0) is 9.56. The number of methoxy groups -OCH3 is 2. The predicted molar refractivity (Wildman–Crippen MR) is 35.0 cm³/mol. The lowest BCUT2D eigenvalue weighted by atomic mass is 10.6. The Balaban J connectivity index is 3.72. The first-order chi connectivity index (χ1) is 5.61. The van der Waals surface area contributed by atoms with Crippen LogP contribution >= 0.6 is 0 Å². The van der Waals surface area contributed by atoms with Gasteiger partial charge in [0.15, 0.2) is 6.61 Å². The largest absolute Gasteiger partial charge is 0.466 e. The third-order valence-corrected chi connectivity index (χ3v) is 0.901. The third kappa shape index (κ3) is 3.55. The molecule has 0 amide bonds. The topological polar surface area (TPSA) is 78.9 Å². The lowest BCUT2D eigenvalue weighted by Gasteiger charge is -2.00. The second-order valence-corrected chi connectivity index (χ2v) is 1.64. The van der Waals surface area contributed by atoms with Gasteiger partial charge in [-0.1, -0.05) is 0 Å². The molecule has 6 nitrogen and oxygen atoms in total. The van der Waals surface area contributed by atoms with E-state index in [1.54, 1.807) is 0 Å². The molecule has 0 aromatic rings. The fourth-order valence-electron chi connectivity index (χ4n) is 0.326. The molecule has 0 aromatic heterocycles. The number of rotatable bonds is 2. The van der Waals surface area contributed by atoms with E-state index in [4.69, 9.17) is 0 Å². The van der Waals surface area contributed by atoms with E-state index in [2.05, 4.69) is 14.2 Å². The molecule has 0 atom stereocenters. The predicted octanol–water partition coefficient (Wildman–Crippen LogP) is -1.12. The molecule has 0 N–H and O–H groups in total. The highest BCUT2D eigenvalue weighted by Crippen LogP contribution is 1.83. The summed E-state index contributed by atoms with van der Waals surface area (Å²) in [4.78, 5) is 31.2. The second-order valence-electron chi connectivity index (χ2n) is 1.64. The van der Waals surface area contributed by atoms with Gasteiger partial charge in [0, 0.05) is 0 Å². The third-order valence-electron chi connectivity index (χ3n) is 0.901. The van der Waals surface area contributed by atoms with Crippen molar-refractivity contribution < 1.29 is 28.6 Å². The summed E-state index contributed by atoms with van der Waals surface area (Å²) >= 11 is 0. The van der Waals surface area contributed by atoms with Crippen LogP contribution in [0.2, 0.25) is 0 Å². The SMILES string of the molecule is COC(=O)COC(=O)C(=O)OC. The van der Waals surface area contributed by atoms with Gasteiger partial charge in [0.2, 0.25) is 0 Å². The molecule has 0 rings (SSSR count). The van der Waals surface area contributed by atoms with E-state index in [0.717, 1.165) is 14.2 Å². The number of hydrogen-bond donors (Lipinski definition) is 0. The minimum absolute atomic E-state index is 0.593. The van der Waals surface area contributed by atoms with Crippen molar-refractivity contribution >= 4 is 17.9 Å². The van der Waals surface area contributed by atoms with Crippen molar-refractivity contribution in [3.8, 4) is 0 Å². The summed E-state index contributed by atoms with van der Waals surface area (Å²) in [6, 6.07) is 0. The van der Waals surface area contributed by atoms with Gasteiger partial charge in [-0.3, -0.25) is 0 Å². The average Bonchev–Trinajstić information content (AvgIpc) is 2.11. The maximum atomic E-state index is 10.5. The Hall–Kier alpha value is -1.59. The molecule has 0 spiro atoms. The first-order valence-electron chi connectivity index (χ1n) is 2.93. The lowest BCUT2D eigenvalue weighted by Crippen LogP contribution is -2.22. The zero-order valence-electron chi connectivity index (χ0n) is 6.66. The van der Waals surface area contributed by atoms with Crippen LogP contribution in [0.25, 0.3) is 0 Å². The minimum atomic E-state index is -1.22. The summed E-state index contributed by atoms with van der Waals surface area (Å²) in [5.74, 6) is -3.12. The molecular weight excluding hydrogens is 168 g/mol. The van der Waals surface area contributed by atoms with Crippen molar-refractivity contribution in [2.45, 2.75) is 0 Å². The van der Waals surface area contributed by atoms with E-state index in [1.165, 1.54) is 0 Å². The molecule has 0 aliphatic carbocycles. The molecule has 0 radical (unpaired) electrons. The molecule has 0 aromatic carbocycles. The number of ether oxygens (including phenoxy) is 3. The molecule has 0 bridgehead atoms. The van der Waals surface area contributed by atoms with Gasteiger partial charge in [0.05, 0.1) is 14.2 Å². The van der Waals surface area contributed by atoms with Gasteiger partial charge in [0.25, 0.3) is 0 Å². The molecule has 68 valence electrons. The highest BCUT2D eigenvalue weighted by atomic mass is 16.6. The summed E-state index contributed by atoms with van der Waals surface area (Å²) in [6.07, 6.45) is 0. The number of hydrogen-bond acceptors (Lipinski definition) is 6. The summed E-state index contributed by atoms with van der Waals surface area (Å²) in [5.41, 5.74) is 0. The molecule has 0 saturated heterocycles. The fourth-order valence-corrected chi connectivity index (χ4v) is 0.326. The molecule has 6 heteroatoms. The van der Waals surface area contributed by atoms with Crippen molar-refractivity contribution in [3.63, 3.8) is 0 Å². The normalized spacial score (nSPS) is 8.50. The molecule has 0 heterocycles. The molecule has 0 fully saturated rings. The maximum Gasteiger partial charge on any atom is 0.418 e. The van der Waals surface area contributed by atoms with Gasteiger partial charge in [0.1, 0.15) is 0 Å². The van der Waals surface area contributed by atoms with Crippen LogP contribution in [0.5, 0.6) is 0 Å². The van der Waals surface area contributed by atoms with Gasteiger partial charge in [-0.2, -0.15) is 0 Å². The fraction of sp³-hybridized carbons (Fsp3) is 0.500. The van der Waals surface area contributed by atoms with Crippen molar-refractivity contribution in [2.24, 2.45) is 0 Å². The van der Waals surface area contributed by atoms with Crippen molar-refractivity contribution in [2.75, 3.05) is 20.8 Å². The quantitative estimate of drug-likeness (QED) is 0.301. The summed E-state index contributed by atoms with van der Waals surface area (Å²) in [5, 5.41) is 0. The average molecular weight is 176 g/mol. The number of carbonyl (C=O) groups excluding carboxylic acids is 3. The first kappa shape index (κ1) is 10.4. The van der Waals surface area contributed by atoms with Crippen molar-refractivity contribution in [1.29, 1.82) is 0 Å². The smallest absolute Gasteiger partial charge is 0.418 e. The van der Waals surface area contributed by atoms with Crippen LogP contribution in [-0.4, -0.2) is 38.7 Å². The van der Waals surface area contributed by atoms with Crippen molar-refractivity contribution in [3.05, 3.63) is 0 Å². The van der Waals surface area contributed by atoms with E-state index >= 15 is 0 Å². The van der Waals surface area contributed by atoms with Crippen LogP contribution in [0.1, 0.15) is 0 Å². The molecule has 0 saturated carbocycles. The van der Waals surface area contributed by atoms with E-state index in [0.29, 0.717) is 0 Å². The van der Waals surface area contributed by atoms with Gasteiger partial charge in [-0.25, -0.2) is 14.4 Å². The molecule has 0 aliphatic heterocycles. The summed E-state index contributed by atoms with van der Waals surface area (Å²) in [6.45, 7) is -0.593. The Bertz CT molecular complexity index is 196. The highest BCUT2D eigenvalue weighted by molar-refractivity contribution is 6.29. The standard InChI is InChI=1S/C6H8O6/c1-10-4(7)3-12-6(9)5(8)11-2/h3H2,1-2H3. The lowest BCUT2D eigenvalue weighted by molar-refractivity contribution is -0.169. The van der Waals surface area contributed by atoms with E-state index in [9.17, 15) is 14.4 Å². The summed E-state index contributed by atoms with van der Waals surface area (Å²) in [7, 11) is 2.16. The molecule has 0 unspecified atom stereocenters. The van der Waals surface area contributed by atoms with Crippen LogP contribution in [0.3, 0.4) is 0 Å². The number of esters is 3. The van der Waals surface area contributed by atoms with Gasteiger partial charge < -0.3 is 14.2 Å². The Morgan fingerprint density at radius 3 is 2.00 bits per heavy atom. The van der Waals surface area contributed by atoms with Gasteiger partial charge >= 0.3 is 17.9 Å². The monoisotopic (exact) mass is 176 g/mol. The second kappa shape index (κ2) is 5.11. The van der Waals surface area contributed by atoms with Crippen LogP contribution in [0, 0.1) is 0 Å². The number of carbonyl (C=O) groups is 3. The molecular formula is C6H8O6. The van der Waals surface area contributed by atoms with Gasteiger partial charge in [-0.15, -0.1) is 0 Å². The highest BCUT2D eigenvalue weighted by Gasteiger charge is 2.16. The van der Waals surface area contributed by atoms with E-state index in [1.807, 2.05) is 0 Å². The minimum Gasteiger partial charge on any atom is -0.466 e. The Morgan fingerprint density at radius 1 is 1.00 bits per heavy atom. The summed E-state index contributed by atoms with van der Waals surface area (Å²) < 4.78 is 12.3. The van der Waals surface area contributed by atoms with Gasteiger partial charge in [-0.05, 0) is 0 Å². The molecule has 12 heavy (non-hydrogen) atoms. The zero-order valence-corrected chi connectivity index (χ0v) is 6.66. The van der Waals surface area contributed by atoms with Crippen LogP contribution in [0.4, 0.5) is 0 Å². The van der Waals surface area contributed by atoms with Crippen LogP contribution in [-0.2, 0) is 28.6 Å².